The zero-order valence-electron chi connectivity index (χ0n) is 10.2. The van der Waals surface area contributed by atoms with Crippen LogP contribution in [-0.2, 0) is 9.53 Å². The molecule has 4 heteroatoms. The molecule has 16 heavy (non-hydrogen) atoms. The summed E-state index contributed by atoms with van der Waals surface area (Å²) in [5.74, 6) is 0.322. The van der Waals surface area contributed by atoms with E-state index in [2.05, 4.69) is 6.92 Å². The molecule has 0 radical (unpaired) electrons. The lowest BCUT2D eigenvalue weighted by Crippen LogP contribution is -2.42. The van der Waals surface area contributed by atoms with Gasteiger partial charge in [0.1, 0.15) is 6.61 Å². The maximum absolute atomic E-state index is 11.7. The first-order valence-electron chi connectivity index (χ1n) is 6.24. The van der Waals surface area contributed by atoms with Crippen molar-refractivity contribution in [3.8, 4) is 0 Å². The average molecular weight is 229 g/mol. The number of piperidine rings is 1. The molecule has 0 aliphatic carbocycles. The van der Waals surface area contributed by atoms with Crippen molar-refractivity contribution in [2.75, 3.05) is 32.9 Å². The van der Waals surface area contributed by atoms with Crippen LogP contribution in [0.3, 0.4) is 0 Å². The van der Waals surface area contributed by atoms with Gasteiger partial charge >= 0.3 is 0 Å². The van der Waals surface area contributed by atoms with Gasteiger partial charge in [0, 0.05) is 26.3 Å². The van der Waals surface area contributed by atoms with E-state index in [1.54, 1.807) is 0 Å². The average Bonchev–Trinajstić information content (AvgIpc) is 2.34. The van der Waals surface area contributed by atoms with Gasteiger partial charge in [0.05, 0.1) is 0 Å². The van der Waals surface area contributed by atoms with Gasteiger partial charge in [-0.05, 0) is 25.2 Å². The summed E-state index contributed by atoms with van der Waals surface area (Å²) in [4.78, 5) is 13.6. The van der Waals surface area contributed by atoms with Crippen LogP contribution in [-0.4, -0.2) is 48.8 Å². The number of ether oxygens (including phenoxy) is 1. The number of nitrogens with zero attached hydrogens (tertiary/aromatic N) is 1. The second-order valence-electron chi connectivity index (χ2n) is 4.44. The van der Waals surface area contributed by atoms with E-state index in [-0.39, 0.29) is 25.0 Å². The van der Waals surface area contributed by atoms with Crippen LogP contribution >= 0.6 is 0 Å². The lowest BCUT2D eigenvalue weighted by Gasteiger charge is -2.31. The molecule has 0 bridgehead atoms. The summed E-state index contributed by atoms with van der Waals surface area (Å²) in [6.07, 6.45) is 4.11. The predicted octanol–water partition coefficient (Wildman–Crippen LogP) is 1.03. The van der Waals surface area contributed by atoms with Crippen LogP contribution in [0.5, 0.6) is 0 Å². The van der Waals surface area contributed by atoms with Gasteiger partial charge in [-0.1, -0.05) is 13.3 Å². The molecule has 1 unspecified atom stereocenters. The molecule has 1 rings (SSSR count). The highest BCUT2D eigenvalue weighted by Gasteiger charge is 2.22. The van der Waals surface area contributed by atoms with E-state index in [1.165, 1.54) is 0 Å². The Morgan fingerprint density at radius 3 is 3.06 bits per heavy atom. The van der Waals surface area contributed by atoms with Crippen LogP contribution in [0.1, 0.15) is 32.6 Å². The highest BCUT2D eigenvalue weighted by molar-refractivity contribution is 5.77. The molecule has 1 aliphatic heterocycles. The third-order valence-corrected chi connectivity index (χ3v) is 3.00. The maximum Gasteiger partial charge on any atom is 0.248 e. The SMILES string of the molecule is CCCCOCC(=O)N1CCCC(CO)C1. The smallest absolute Gasteiger partial charge is 0.248 e. The van der Waals surface area contributed by atoms with E-state index in [9.17, 15) is 4.79 Å². The third-order valence-electron chi connectivity index (χ3n) is 3.00. The lowest BCUT2D eigenvalue weighted by molar-refractivity contribution is -0.138. The van der Waals surface area contributed by atoms with Gasteiger partial charge in [0.25, 0.3) is 0 Å². The van der Waals surface area contributed by atoms with Crippen molar-refractivity contribution in [2.45, 2.75) is 32.6 Å². The number of carbonyl (C=O) groups is 1. The number of amides is 1. The molecule has 0 aromatic heterocycles. The molecule has 0 spiro atoms. The molecular formula is C12H23NO3. The maximum atomic E-state index is 11.7. The number of rotatable bonds is 6. The summed E-state index contributed by atoms with van der Waals surface area (Å²) in [6.45, 7) is 4.64. The van der Waals surface area contributed by atoms with Crippen molar-refractivity contribution < 1.29 is 14.6 Å². The quantitative estimate of drug-likeness (QED) is 0.692. The highest BCUT2D eigenvalue weighted by atomic mass is 16.5. The van der Waals surface area contributed by atoms with Crippen LogP contribution in [0.15, 0.2) is 0 Å². The third kappa shape index (κ3) is 4.49. The zero-order chi connectivity index (χ0) is 11.8. The summed E-state index contributed by atoms with van der Waals surface area (Å²) in [7, 11) is 0. The Bertz CT molecular complexity index is 208. The van der Waals surface area contributed by atoms with Gasteiger partial charge in [0.2, 0.25) is 5.91 Å². The first-order valence-corrected chi connectivity index (χ1v) is 6.24. The van der Waals surface area contributed by atoms with Crippen molar-refractivity contribution in [1.82, 2.24) is 4.90 Å². The van der Waals surface area contributed by atoms with E-state index in [0.717, 1.165) is 32.2 Å². The molecule has 1 N–H and O–H groups in total. The summed E-state index contributed by atoms with van der Waals surface area (Å²) >= 11 is 0. The fourth-order valence-corrected chi connectivity index (χ4v) is 1.94. The fourth-order valence-electron chi connectivity index (χ4n) is 1.94. The molecule has 94 valence electrons. The number of likely N-dealkylation sites (tertiary alicyclic amines) is 1. The number of carbonyl (C=O) groups excluding carboxylic acids is 1. The van der Waals surface area contributed by atoms with Gasteiger partial charge in [-0.3, -0.25) is 4.79 Å². The van der Waals surface area contributed by atoms with E-state index in [4.69, 9.17) is 9.84 Å². The minimum atomic E-state index is 0.0641. The number of hydrogen-bond donors (Lipinski definition) is 1. The lowest BCUT2D eigenvalue weighted by atomic mass is 9.99. The Balaban J connectivity index is 2.19. The van der Waals surface area contributed by atoms with Crippen molar-refractivity contribution in [2.24, 2.45) is 5.92 Å². The molecule has 1 fully saturated rings. The number of aliphatic hydroxyl groups excluding tert-OH is 1. The van der Waals surface area contributed by atoms with Gasteiger partial charge in [-0.25, -0.2) is 0 Å². The second kappa shape index (κ2) is 7.63. The van der Waals surface area contributed by atoms with Crippen molar-refractivity contribution >= 4 is 5.91 Å². The van der Waals surface area contributed by atoms with Crippen molar-refractivity contribution in [3.05, 3.63) is 0 Å². The molecule has 0 saturated carbocycles. The molecule has 0 aromatic rings. The van der Waals surface area contributed by atoms with Crippen LogP contribution in [0, 0.1) is 5.92 Å². The molecule has 1 heterocycles. The number of hydrogen-bond acceptors (Lipinski definition) is 3. The fraction of sp³-hybridized carbons (Fsp3) is 0.917. The van der Waals surface area contributed by atoms with E-state index in [0.29, 0.717) is 13.2 Å². The topological polar surface area (TPSA) is 49.8 Å². The Kier molecular flexibility index (Phi) is 6.42. The van der Waals surface area contributed by atoms with Crippen molar-refractivity contribution in [3.63, 3.8) is 0 Å². The minimum absolute atomic E-state index is 0.0641. The van der Waals surface area contributed by atoms with E-state index < -0.39 is 0 Å². The van der Waals surface area contributed by atoms with Crippen LogP contribution < -0.4 is 0 Å². The summed E-state index contributed by atoms with van der Waals surface area (Å²) in [5.41, 5.74) is 0. The molecule has 1 aliphatic rings. The highest BCUT2D eigenvalue weighted by Crippen LogP contribution is 2.15. The Morgan fingerprint density at radius 2 is 2.38 bits per heavy atom. The molecule has 4 nitrogen and oxygen atoms in total. The van der Waals surface area contributed by atoms with Crippen LogP contribution in [0.2, 0.25) is 0 Å². The predicted molar refractivity (Wildman–Crippen MR) is 62.1 cm³/mol. The molecular weight excluding hydrogens is 206 g/mol. The number of unbranched alkanes of at least 4 members (excludes halogenated alkanes) is 1. The van der Waals surface area contributed by atoms with E-state index >= 15 is 0 Å². The Hall–Kier alpha value is -0.610. The Labute approximate surface area is 97.6 Å². The Morgan fingerprint density at radius 1 is 1.56 bits per heavy atom. The summed E-state index contributed by atoms with van der Waals surface area (Å²) in [5, 5.41) is 9.07. The standard InChI is InChI=1S/C12H23NO3/c1-2-3-7-16-10-12(15)13-6-4-5-11(8-13)9-14/h11,14H,2-10H2,1H3. The summed E-state index contributed by atoms with van der Waals surface area (Å²) < 4.78 is 5.30. The largest absolute Gasteiger partial charge is 0.396 e. The van der Waals surface area contributed by atoms with Gasteiger partial charge in [-0.2, -0.15) is 0 Å². The molecule has 1 saturated heterocycles. The van der Waals surface area contributed by atoms with E-state index in [1.807, 2.05) is 4.90 Å². The molecule has 1 atom stereocenters. The van der Waals surface area contributed by atoms with Crippen molar-refractivity contribution in [1.29, 1.82) is 0 Å². The van der Waals surface area contributed by atoms with Gasteiger partial charge in [0.15, 0.2) is 0 Å². The molecule has 1 amide bonds. The van der Waals surface area contributed by atoms with Crippen LogP contribution in [0.4, 0.5) is 0 Å². The van der Waals surface area contributed by atoms with Crippen LogP contribution in [0.25, 0.3) is 0 Å². The first-order chi connectivity index (χ1) is 7.77. The van der Waals surface area contributed by atoms with Gasteiger partial charge in [-0.15, -0.1) is 0 Å². The first kappa shape index (κ1) is 13.5. The second-order valence-corrected chi connectivity index (χ2v) is 4.44. The summed E-state index contributed by atoms with van der Waals surface area (Å²) in [6, 6.07) is 0. The minimum Gasteiger partial charge on any atom is -0.396 e. The molecule has 0 aromatic carbocycles. The zero-order valence-corrected chi connectivity index (χ0v) is 10.2. The monoisotopic (exact) mass is 229 g/mol. The normalized spacial score (nSPS) is 21.1. The number of aliphatic hydroxyl groups is 1. The van der Waals surface area contributed by atoms with Gasteiger partial charge < -0.3 is 14.7 Å².